The summed E-state index contributed by atoms with van der Waals surface area (Å²) in [5.74, 6) is 0.820. The van der Waals surface area contributed by atoms with Gasteiger partial charge in [-0.05, 0) is 23.3 Å². The van der Waals surface area contributed by atoms with E-state index >= 15 is 0 Å². The number of aromatic amines is 1. The van der Waals surface area contributed by atoms with Gasteiger partial charge in [-0.25, -0.2) is 0 Å². The van der Waals surface area contributed by atoms with Gasteiger partial charge in [0.15, 0.2) is 5.82 Å². The van der Waals surface area contributed by atoms with E-state index in [0.29, 0.717) is 17.3 Å². The van der Waals surface area contributed by atoms with Gasteiger partial charge in [0.2, 0.25) is 11.7 Å². The zero-order valence-electron chi connectivity index (χ0n) is 14.7. The lowest BCUT2D eigenvalue weighted by Crippen LogP contribution is -2.20. The first-order valence-electron chi connectivity index (χ1n) is 8.64. The molecule has 28 heavy (non-hydrogen) atoms. The highest BCUT2D eigenvalue weighted by Gasteiger charge is 2.12. The van der Waals surface area contributed by atoms with Crippen LogP contribution < -0.4 is 10.9 Å². The van der Waals surface area contributed by atoms with E-state index in [-0.39, 0.29) is 29.5 Å². The molecule has 0 radical (unpaired) electrons. The van der Waals surface area contributed by atoms with Gasteiger partial charge in [0.1, 0.15) is 5.82 Å². The molecular weight excluding hydrogens is 378 g/mol. The third-order valence-electron chi connectivity index (χ3n) is 4.13. The van der Waals surface area contributed by atoms with Gasteiger partial charge in [-0.3, -0.25) is 14.6 Å². The number of hydrogen-bond donors (Lipinski definition) is 2. The highest BCUT2D eigenvalue weighted by molar-refractivity contribution is 6.30. The Labute approximate surface area is 165 Å². The topological polar surface area (TPSA) is 92.1 Å². The van der Waals surface area contributed by atoms with Crippen molar-refractivity contribution >= 4 is 29.1 Å². The number of amides is 1. The van der Waals surface area contributed by atoms with Crippen molar-refractivity contribution in [1.82, 2.24) is 19.6 Å². The molecule has 4 rings (SSSR count). The van der Waals surface area contributed by atoms with Crippen LogP contribution in [-0.4, -0.2) is 25.5 Å². The fourth-order valence-corrected chi connectivity index (χ4v) is 2.98. The maximum Gasteiger partial charge on any atom is 0.254 e. The number of anilines is 1. The minimum atomic E-state index is -0.368. The monoisotopic (exact) mass is 393 g/mol. The molecule has 2 aromatic carbocycles. The Bertz CT molecular complexity index is 1180. The fourth-order valence-electron chi connectivity index (χ4n) is 2.85. The van der Waals surface area contributed by atoms with Crippen LogP contribution >= 0.6 is 11.6 Å². The van der Waals surface area contributed by atoms with Gasteiger partial charge >= 0.3 is 0 Å². The highest BCUT2D eigenvalue weighted by Crippen LogP contribution is 2.12. The maximum atomic E-state index is 12.4. The van der Waals surface area contributed by atoms with Crippen molar-refractivity contribution in [2.45, 2.75) is 12.8 Å². The van der Waals surface area contributed by atoms with Crippen molar-refractivity contribution in [2.75, 3.05) is 5.32 Å². The molecule has 0 spiro atoms. The van der Waals surface area contributed by atoms with Crippen molar-refractivity contribution in [1.29, 1.82) is 0 Å². The third-order valence-corrected chi connectivity index (χ3v) is 4.38. The van der Waals surface area contributed by atoms with Crippen molar-refractivity contribution < 1.29 is 4.79 Å². The van der Waals surface area contributed by atoms with E-state index in [4.69, 9.17) is 11.6 Å². The summed E-state index contributed by atoms with van der Waals surface area (Å²) < 4.78 is 1.43. The van der Waals surface area contributed by atoms with E-state index in [0.717, 1.165) is 11.1 Å². The standard InChI is InChI=1S/C20H16ClN5O2/c21-15-8-6-14(7-9-15)11-18(27)23-17-12-19(28)24-20-22-16(25-26(17)20)10-13-4-2-1-3-5-13/h1-9,12H,10-11H2,(H,23,27)(H,22,24,25,28). The van der Waals surface area contributed by atoms with Crippen LogP contribution in [0.1, 0.15) is 17.0 Å². The molecule has 0 bridgehead atoms. The molecule has 0 atom stereocenters. The third kappa shape index (κ3) is 4.10. The summed E-state index contributed by atoms with van der Waals surface area (Å²) in [6.07, 6.45) is 0.666. The number of rotatable bonds is 5. The first-order chi connectivity index (χ1) is 13.6. The average molecular weight is 394 g/mol. The molecule has 8 heteroatoms. The summed E-state index contributed by atoms with van der Waals surface area (Å²) in [4.78, 5) is 31.3. The second-order valence-corrected chi connectivity index (χ2v) is 6.73. The highest BCUT2D eigenvalue weighted by atomic mass is 35.5. The molecule has 2 heterocycles. The molecule has 1 amide bonds. The van der Waals surface area contributed by atoms with Crippen LogP contribution in [0.25, 0.3) is 5.78 Å². The van der Waals surface area contributed by atoms with Gasteiger partial charge in [-0.2, -0.15) is 9.50 Å². The molecule has 0 fully saturated rings. The normalized spacial score (nSPS) is 10.9. The van der Waals surface area contributed by atoms with Gasteiger partial charge in [0.25, 0.3) is 5.56 Å². The summed E-state index contributed by atoms with van der Waals surface area (Å²) >= 11 is 5.86. The number of nitrogens with zero attached hydrogens (tertiary/aromatic N) is 3. The largest absolute Gasteiger partial charge is 0.310 e. The van der Waals surface area contributed by atoms with Crippen molar-refractivity contribution in [2.24, 2.45) is 0 Å². The molecule has 0 unspecified atom stereocenters. The number of fused-ring (bicyclic) bond motifs is 1. The summed E-state index contributed by atoms with van der Waals surface area (Å²) in [5.41, 5.74) is 1.49. The Hall–Kier alpha value is -3.45. The van der Waals surface area contributed by atoms with E-state index in [9.17, 15) is 9.59 Å². The predicted molar refractivity (Wildman–Crippen MR) is 107 cm³/mol. The zero-order chi connectivity index (χ0) is 19.5. The lowest BCUT2D eigenvalue weighted by Gasteiger charge is -2.06. The maximum absolute atomic E-state index is 12.4. The second kappa shape index (κ2) is 7.66. The lowest BCUT2D eigenvalue weighted by atomic mass is 10.1. The first-order valence-corrected chi connectivity index (χ1v) is 9.02. The van der Waals surface area contributed by atoms with Gasteiger partial charge in [-0.15, -0.1) is 5.10 Å². The van der Waals surface area contributed by atoms with Gasteiger partial charge in [0.05, 0.1) is 6.42 Å². The summed E-state index contributed by atoms with van der Waals surface area (Å²) in [6.45, 7) is 0. The lowest BCUT2D eigenvalue weighted by molar-refractivity contribution is -0.115. The molecule has 0 saturated heterocycles. The number of carbonyl (C=O) groups excluding carboxylic acids is 1. The molecule has 2 N–H and O–H groups in total. The molecule has 140 valence electrons. The van der Waals surface area contributed by atoms with E-state index in [2.05, 4.69) is 20.4 Å². The van der Waals surface area contributed by atoms with Crippen molar-refractivity contribution in [3.8, 4) is 0 Å². The Kier molecular flexibility index (Phi) is 4.90. The molecular formula is C20H16ClN5O2. The van der Waals surface area contributed by atoms with Crippen LogP contribution in [-0.2, 0) is 17.6 Å². The molecule has 2 aromatic heterocycles. The number of halogens is 1. The number of nitrogens with one attached hydrogen (secondary N) is 2. The van der Waals surface area contributed by atoms with Gasteiger partial charge in [-0.1, -0.05) is 54.1 Å². The fraction of sp³-hybridized carbons (Fsp3) is 0.100. The van der Waals surface area contributed by atoms with Gasteiger partial charge in [0, 0.05) is 17.5 Å². The minimum absolute atomic E-state index is 0.150. The van der Waals surface area contributed by atoms with E-state index in [1.54, 1.807) is 24.3 Å². The predicted octanol–water partition coefficient (Wildman–Crippen LogP) is 2.84. The van der Waals surface area contributed by atoms with Crippen LogP contribution in [0.5, 0.6) is 0 Å². The number of carbonyl (C=O) groups is 1. The molecule has 0 saturated carbocycles. The minimum Gasteiger partial charge on any atom is -0.310 e. The number of hydrogen-bond acceptors (Lipinski definition) is 4. The number of benzene rings is 2. The average Bonchev–Trinajstić information content (AvgIpc) is 3.07. The van der Waals surface area contributed by atoms with Crippen LogP contribution in [0.4, 0.5) is 5.82 Å². The molecule has 0 aliphatic heterocycles. The SMILES string of the molecule is O=C(Cc1ccc(Cl)cc1)Nc1cc(=O)[nH]c2nc(Cc3ccccc3)nn12. The quantitative estimate of drug-likeness (QED) is 0.545. The van der Waals surface area contributed by atoms with Crippen molar-refractivity contribution in [3.63, 3.8) is 0 Å². The Morgan fingerprint density at radius 2 is 1.82 bits per heavy atom. The van der Waals surface area contributed by atoms with E-state index < -0.39 is 0 Å². The van der Waals surface area contributed by atoms with Crippen LogP contribution in [0.3, 0.4) is 0 Å². The van der Waals surface area contributed by atoms with E-state index in [1.807, 2.05) is 30.3 Å². The summed E-state index contributed by atoms with van der Waals surface area (Å²) in [6, 6.07) is 18.1. The van der Waals surface area contributed by atoms with Crippen LogP contribution in [0, 0.1) is 0 Å². The molecule has 0 aliphatic rings. The summed E-state index contributed by atoms with van der Waals surface area (Å²) in [7, 11) is 0. The number of H-pyrrole nitrogens is 1. The van der Waals surface area contributed by atoms with Crippen LogP contribution in [0.2, 0.25) is 5.02 Å². The summed E-state index contributed by atoms with van der Waals surface area (Å²) in [5, 5.41) is 7.76. The molecule has 7 nitrogen and oxygen atoms in total. The molecule has 4 aromatic rings. The van der Waals surface area contributed by atoms with Gasteiger partial charge < -0.3 is 5.32 Å². The van der Waals surface area contributed by atoms with Crippen molar-refractivity contribution in [3.05, 3.63) is 93.0 Å². The molecule has 0 aliphatic carbocycles. The Morgan fingerprint density at radius 1 is 1.07 bits per heavy atom. The van der Waals surface area contributed by atoms with E-state index in [1.165, 1.54) is 10.6 Å². The Morgan fingerprint density at radius 3 is 2.57 bits per heavy atom. The smallest absolute Gasteiger partial charge is 0.254 e. The van der Waals surface area contributed by atoms with Crippen LogP contribution in [0.15, 0.2) is 65.5 Å². The zero-order valence-corrected chi connectivity index (χ0v) is 15.5. The first kappa shape index (κ1) is 17.9. The second-order valence-electron chi connectivity index (χ2n) is 6.30. The Balaban J connectivity index is 1.58. The number of aromatic nitrogens is 4.